The molecule has 0 aromatic heterocycles. The molecule has 0 aliphatic heterocycles. The Bertz CT molecular complexity index is 402. The van der Waals surface area contributed by atoms with Crippen molar-refractivity contribution in [2.45, 2.75) is 26.2 Å². The van der Waals surface area contributed by atoms with Crippen molar-refractivity contribution in [2.75, 3.05) is 0 Å². The maximum atomic E-state index is 12.7. The second kappa shape index (κ2) is 3.44. The highest BCUT2D eigenvalue weighted by molar-refractivity contribution is 5.92. The van der Waals surface area contributed by atoms with E-state index in [1.807, 2.05) is 0 Å². The average Bonchev–Trinajstić information content (AvgIpc) is 2.58. The lowest BCUT2D eigenvalue weighted by Gasteiger charge is -2.30. The molecule has 0 saturated heterocycles. The second-order valence-corrected chi connectivity index (χ2v) is 5.42. The van der Waals surface area contributed by atoms with Crippen molar-refractivity contribution < 1.29 is 4.79 Å². The minimum absolute atomic E-state index is 0.0920. The zero-order valence-electron chi connectivity index (χ0n) is 9.73. The van der Waals surface area contributed by atoms with Gasteiger partial charge in [-0.15, -0.1) is 0 Å². The van der Waals surface area contributed by atoms with E-state index in [0.29, 0.717) is 17.6 Å². The van der Waals surface area contributed by atoms with E-state index in [9.17, 15) is 4.79 Å². The van der Waals surface area contributed by atoms with E-state index in [4.69, 9.17) is 0 Å². The van der Waals surface area contributed by atoms with Crippen molar-refractivity contribution >= 4 is 5.78 Å². The predicted octanol–water partition coefficient (Wildman–Crippen LogP) is 3.29. The molecule has 16 heavy (non-hydrogen) atoms. The standard InChI is InChI=1S/C15H18O/c1-11-7-8-12-5-4-10-15(12)9-3-2-6-13(11)14(15)16/h2-3,6-9,11-13H,4-5,10H2,1H3/t11-,12+,13+,15+/m0/s1. The molecule has 3 aliphatic carbocycles. The maximum Gasteiger partial charge on any atom is 0.150 e. The van der Waals surface area contributed by atoms with Crippen LogP contribution in [0, 0.1) is 23.2 Å². The highest BCUT2D eigenvalue weighted by Gasteiger charge is 2.49. The third-order valence-corrected chi connectivity index (χ3v) is 4.57. The number of carbonyl (C=O) groups is 1. The van der Waals surface area contributed by atoms with Crippen molar-refractivity contribution in [3.05, 3.63) is 36.5 Å². The topological polar surface area (TPSA) is 17.1 Å². The normalized spacial score (nSPS) is 45.3. The summed E-state index contributed by atoms with van der Waals surface area (Å²) in [6.45, 7) is 2.16. The molecule has 1 nitrogen and oxygen atoms in total. The van der Waals surface area contributed by atoms with Gasteiger partial charge >= 0.3 is 0 Å². The quantitative estimate of drug-likeness (QED) is 0.565. The van der Waals surface area contributed by atoms with Gasteiger partial charge in [0.05, 0.1) is 5.41 Å². The molecule has 4 atom stereocenters. The summed E-state index contributed by atoms with van der Waals surface area (Å²) in [5.41, 5.74) is -0.171. The minimum atomic E-state index is -0.171. The van der Waals surface area contributed by atoms with E-state index in [1.54, 1.807) is 0 Å². The number of carbonyl (C=O) groups excluding carboxylic acids is 1. The lowest BCUT2D eigenvalue weighted by atomic mass is 9.71. The summed E-state index contributed by atoms with van der Waals surface area (Å²) in [7, 11) is 0. The fourth-order valence-electron chi connectivity index (χ4n) is 3.57. The molecule has 84 valence electrons. The monoisotopic (exact) mass is 214 g/mol. The average molecular weight is 214 g/mol. The van der Waals surface area contributed by atoms with E-state index < -0.39 is 0 Å². The van der Waals surface area contributed by atoms with Crippen molar-refractivity contribution in [1.82, 2.24) is 0 Å². The van der Waals surface area contributed by atoms with Crippen LogP contribution < -0.4 is 0 Å². The highest BCUT2D eigenvalue weighted by atomic mass is 16.1. The molecular weight excluding hydrogens is 196 g/mol. The van der Waals surface area contributed by atoms with Crippen LogP contribution in [0.1, 0.15) is 26.2 Å². The van der Waals surface area contributed by atoms with E-state index in [-0.39, 0.29) is 11.3 Å². The third-order valence-electron chi connectivity index (χ3n) is 4.57. The van der Waals surface area contributed by atoms with Crippen LogP contribution in [0.4, 0.5) is 0 Å². The molecule has 0 radical (unpaired) electrons. The van der Waals surface area contributed by atoms with Gasteiger partial charge in [0, 0.05) is 5.92 Å². The summed E-state index contributed by atoms with van der Waals surface area (Å²) in [6.07, 6.45) is 16.4. The van der Waals surface area contributed by atoms with Crippen LogP contribution in [0.15, 0.2) is 36.5 Å². The summed E-state index contributed by atoms with van der Waals surface area (Å²) in [5, 5.41) is 0. The zero-order chi connectivity index (χ0) is 11.2. The fourth-order valence-corrected chi connectivity index (χ4v) is 3.57. The largest absolute Gasteiger partial charge is 0.298 e. The first-order valence-corrected chi connectivity index (χ1v) is 6.33. The highest BCUT2D eigenvalue weighted by Crippen LogP contribution is 2.51. The van der Waals surface area contributed by atoms with Gasteiger partial charge in [0.1, 0.15) is 0 Å². The van der Waals surface area contributed by atoms with Crippen LogP contribution in [-0.2, 0) is 4.79 Å². The molecule has 2 bridgehead atoms. The smallest absolute Gasteiger partial charge is 0.150 e. The molecular formula is C15H18O. The molecule has 3 aliphatic rings. The van der Waals surface area contributed by atoms with Crippen LogP contribution in [0.5, 0.6) is 0 Å². The Labute approximate surface area is 96.9 Å². The van der Waals surface area contributed by atoms with Crippen LogP contribution in [0.2, 0.25) is 0 Å². The van der Waals surface area contributed by atoms with Crippen molar-refractivity contribution in [2.24, 2.45) is 23.2 Å². The van der Waals surface area contributed by atoms with Gasteiger partial charge in [-0.05, 0) is 24.7 Å². The Kier molecular flexibility index (Phi) is 2.17. The molecule has 1 spiro atoms. The van der Waals surface area contributed by atoms with Gasteiger partial charge in [-0.3, -0.25) is 4.79 Å². The van der Waals surface area contributed by atoms with Crippen LogP contribution in [-0.4, -0.2) is 5.78 Å². The van der Waals surface area contributed by atoms with Crippen molar-refractivity contribution in [1.29, 1.82) is 0 Å². The van der Waals surface area contributed by atoms with Gasteiger partial charge in [-0.25, -0.2) is 0 Å². The first kappa shape index (κ1) is 10.1. The Hall–Kier alpha value is -1.11. The first-order chi connectivity index (χ1) is 7.74. The number of allylic oxidation sites excluding steroid dienone is 6. The Morgan fingerprint density at radius 2 is 2.12 bits per heavy atom. The summed E-state index contributed by atoms with van der Waals surface area (Å²) in [4.78, 5) is 12.7. The van der Waals surface area contributed by atoms with Gasteiger partial charge in [0.2, 0.25) is 0 Å². The zero-order valence-corrected chi connectivity index (χ0v) is 9.73. The minimum Gasteiger partial charge on any atom is -0.298 e. The predicted molar refractivity (Wildman–Crippen MR) is 64.9 cm³/mol. The number of hydrogen-bond donors (Lipinski definition) is 0. The van der Waals surface area contributed by atoms with Crippen LogP contribution in [0.25, 0.3) is 0 Å². The maximum absolute atomic E-state index is 12.7. The number of fused-ring (bicyclic) bond motifs is 1. The van der Waals surface area contributed by atoms with Gasteiger partial charge in [0.15, 0.2) is 5.78 Å². The molecule has 3 rings (SSSR count). The third kappa shape index (κ3) is 1.20. The first-order valence-electron chi connectivity index (χ1n) is 6.33. The number of Topliss-reactive ketones (excluding diaryl/α,β-unsaturated/α-hetero) is 1. The molecule has 1 fully saturated rings. The summed E-state index contributed by atoms with van der Waals surface area (Å²) in [5.74, 6) is 1.35. The molecule has 0 amide bonds. The van der Waals surface area contributed by atoms with Crippen molar-refractivity contribution in [3.8, 4) is 0 Å². The summed E-state index contributed by atoms with van der Waals surface area (Å²) < 4.78 is 0. The molecule has 0 heterocycles. The van der Waals surface area contributed by atoms with Crippen LogP contribution in [0.3, 0.4) is 0 Å². The lowest BCUT2D eigenvalue weighted by molar-refractivity contribution is -0.130. The second-order valence-electron chi connectivity index (χ2n) is 5.42. The van der Waals surface area contributed by atoms with E-state index in [2.05, 4.69) is 43.4 Å². The molecule has 1 heteroatoms. The lowest BCUT2D eigenvalue weighted by Crippen LogP contribution is -2.36. The van der Waals surface area contributed by atoms with E-state index in [1.165, 1.54) is 12.8 Å². The molecule has 1 saturated carbocycles. The molecule has 0 aromatic rings. The number of hydrogen-bond acceptors (Lipinski definition) is 1. The fraction of sp³-hybridized carbons (Fsp3) is 0.533. The van der Waals surface area contributed by atoms with Crippen LogP contribution >= 0.6 is 0 Å². The van der Waals surface area contributed by atoms with Crippen molar-refractivity contribution in [3.63, 3.8) is 0 Å². The number of rotatable bonds is 0. The molecule has 0 N–H and O–H groups in total. The Morgan fingerprint density at radius 3 is 3.00 bits per heavy atom. The Balaban J connectivity index is 2.15. The molecule has 0 aromatic carbocycles. The SMILES string of the molecule is C[C@H]1C=C[C@H]2CCC[C@]23C=CC=C[C@H]1C3=O. The number of ketones is 1. The van der Waals surface area contributed by atoms with Gasteiger partial charge in [-0.2, -0.15) is 0 Å². The van der Waals surface area contributed by atoms with E-state index in [0.717, 1.165) is 6.42 Å². The van der Waals surface area contributed by atoms with Gasteiger partial charge < -0.3 is 0 Å². The van der Waals surface area contributed by atoms with Gasteiger partial charge in [-0.1, -0.05) is 49.8 Å². The molecule has 0 unspecified atom stereocenters. The van der Waals surface area contributed by atoms with Gasteiger partial charge in [0.25, 0.3) is 0 Å². The summed E-state index contributed by atoms with van der Waals surface area (Å²) >= 11 is 0. The Morgan fingerprint density at radius 1 is 1.25 bits per heavy atom. The summed E-state index contributed by atoms with van der Waals surface area (Å²) in [6, 6.07) is 0. The van der Waals surface area contributed by atoms with E-state index >= 15 is 0 Å².